The number of phosphoric acid groups is 1. The Bertz CT molecular complexity index is 988. The van der Waals surface area contributed by atoms with Crippen LogP contribution in [0.4, 0.5) is 0 Å². The van der Waals surface area contributed by atoms with Gasteiger partial charge in [0.2, 0.25) is 7.11 Å². The first kappa shape index (κ1) is 23.4. The molecule has 2 spiro atoms. The molecular weight excluding hydrogens is 467 g/mol. The van der Waals surface area contributed by atoms with Crippen molar-refractivity contribution in [1.82, 2.24) is 0 Å². The molecule has 3 aliphatic heterocycles. The lowest BCUT2D eigenvalue weighted by atomic mass is 9.46. The summed E-state index contributed by atoms with van der Waals surface area (Å²) < 4.78 is 51.6. The van der Waals surface area contributed by atoms with E-state index in [4.69, 9.17) is 28.0 Å². The molecule has 11 heteroatoms. The van der Waals surface area contributed by atoms with Crippen molar-refractivity contribution in [3.05, 3.63) is 18.3 Å². The maximum Gasteiger partial charge on any atom is 0.516 e. The molecule has 3 heterocycles. The molecule has 6 aliphatic rings. The average molecular weight is 499 g/mol. The van der Waals surface area contributed by atoms with Crippen LogP contribution in [0, 0.1) is 30.3 Å². The van der Waals surface area contributed by atoms with Gasteiger partial charge in [-0.15, -0.1) is 0 Å². The van der Waals surface area contributed by atoms with Crippen molar-refractivity contribution < 1.29 is 47.0 Å². The van der Waals surface area contributed by atoms with E-state index in [0.29, 0.717) is 13.0 Å². The summed E-state index contributed by atoms with van der Waals surface area (Å²) in [5, 5.41) is 11.5. The van der Waals surface area contributed by atoms with Gasteiger partial charge in [-0.2, -0.15) is 0 Å². The molecule has 0 aromatic carbocycles. The molecule has 0 aromatic rings. The van der Waals surface area contributed by atoms with Crippen LogP contribution < -0.4 is 0 Å². The zero-order valence-electron chi connectivity index (χ0n) is 19.9. The van der Waals surface area contributed by atoms with E-state index < -0.39 is 31.2 Å². The molecule has 4 fully saturated rings. The SMILES string of the molecule is [CH2+]OP(=O)(OC)OCOC1C(C(C)C)C(O)C2OC23C2(C)CCC4=C(COC4=O)C2CC2OC213. The number of hydrogen-bond donors (Lipinski definition) is 1. The number of ether oxygens (including phenoxy) is 4. The fraction of sp³-hybridized carbons (Fsp3) is 0.826. The number of rotatable bonds is 7. The predicted octanol–water partition coefficient (Wildman–Crippen LogP) is 2.50. The largest absolute Gasteiger partial charge is 0.516 e. The van der Waals surface area contributed by atoms with Gasteiger partial charge < -0.3 is 24.1 Å². The van der Waals surface area contributed by atoms with Crippen molar-refractivity contribution in [2.75, 3.05) is 20.5 Å². The third-order valence-electron chi connectivity index (χ3n) is 9.46. The Kier molecular flexibility index (Phi) is 5.03. The maximum atomic E-state index is 12.3. The Morgan fingerprint density at radius 3 is 2.76 bits per heavy atom. The number of aliphatic hydroxyl groups excluding tert-OH is 1. The second-order valence-corrected chi connectivity index (χ2v) is 12.6. The van der Waals surface area contributed by atoms with E-state index in [9.17, 15) is 14.5 Å². The number of carbonyl (C=O) groups excluding carboxylic acids is 1. The molecule has 10 atom stereocenters. The van der Waals surface area contributed by atoms with Gasteiger partial charge in [-0.1, -0.05) is 25.3 Å². The fourth-order valence-corrected chi connectivity index (χ4v) is 8.37. The van der Waals surface area contributed by atoms with E-state index in [2.05, 4.69) is 18.6 Å². The summed E-state index contributed by atoms with van der Waals surface area (Å²) >= 11 is 0. The lowest BCUT2D eigenvalue weighted by molar-refractivity contribution is -0.175. The molecule has 188 valence electrons. The number of carbonyl (C=O) groups is 1. The maximum absolute atomic E-state index is 12.3. The number of hydrogen-bond acceptors (Lipinski definition) is 10. The highest BCUT2D eigenvalue weighted by molar-refractivity contribution is 7.48. The van der Waals surface area contributed by atoms with Gasteiger partial charge in [0.1, 0.15) is 24.4 Å². The van der Waals surface area contributed by atoms with Crippen molar-refractivity contribution in [3.63, 3.8) is 0 Å². The van der Waals surface area contributed by atoms with Crippen molar-refractivity contribution in [1.29, 1.82) is 0 Å². The van der Waals surface area contributed by atoms with Gasteiger partial charge in [-0.05, 0) is 36.7 Å². The van der Waals surface area contributed by atoms with E-state index in [1.54, 1.807) is 0 Å². The first-order valence-corrected chi connectivity index (χ1v) is 13.3. The first-order chi connectivity index (χ1) is 16.1. The lowest BCUT2D eigenvalue weighted by Crippen LogP contribution is -2.70. The molecule has 3 aliphatic carbocycles. The van der Waals surface area contributed by atoms with Crippen LogP contribution in [0.3, 0.4) is 0 Å². The van der Waals surface area contributed by atoms with Crippen molar-refractivity contribution >= 4 is 13.8 Å². The average Bonchev–Trinajstić information content (AvgIpc) is 3.69. The molecule has 6 rings (SSSR count). The molecule has 0 radical (unpaired) electrons. The van der Waals surface area contributed by atoms with Gasteiger partial charge in [-0.25, -0.2) is 9.36 Å². The molecule has 2 saturated carbocycles. The minimum absolute atomic E-state index is 0.0618. The highest BCUT2D eigenvalue weighted by Gasteiger charge is 2.95. The molecule has 0 aromatic heterocycles. The van der Waals surface area contributed by atoms with E-state index in [1.807, 2.05) is 13.8 Å². The molecular formula is C23H32O10P+. The summed E-state index contributed by atoms with van der Waals surface area (Å²) in [6.07, 6.45) is 0.209. The van der Waals surface area contributed by atoms with Gasteiger partial charge in [0.05, 0.1) is 12.2 Å². The van der Waals surface area contributed by atoms with Gasteiger partial charge in [0, 0.05) is 24.0 Å². The van der Waals surface area contributed by atoms with Crippen LogP contribution in [0.5, 0.6) is 0 Å². The molecule has 10 unspecified atom stereocenters. The van der Waals surface area contributed by atoms with Crippen LogP contribution in [-0.4, -0.2) is 67.2 Å². The third-order valence-corrected chi connectivity index (χ3v) is 10.6. The lowest BCUT2D eigenvalue weighted by Gasteiger charge is -2.55. The minimum atomic E-state index is -3.84. The number of aliphatic hydroxyl groups is 1. The van der Waals surface area contributed by atoms with Gasteiger partial charge in [0.15, 0.2) is 12.4 Å². The summed E-state index contributed by atoms with van der Waals surface area (Å²) in [6.45, 7) is 6.19. The monoisotopic (exact) mass is 499 g/mol. The van der Waals surface area contributed by atoms with Crippen LogP contribution in [0.25, 0.3) is 0 Å². The first-order valence-electron chi connectivity index (χ1n) is 11.9. The van der Waals surface area contributed by atoms with Crippen molar-refractivity contribution in [2.24, 2.45) is 23.2 Å². The quantitative estimate of drug-likeness (QED) is 0.184. The van der Waals surface area contributed by atoms with Crippen LogP contribution >= 0.6 is 7.82 Å². The van der Waals surface area contributed by atoms with E-state index in [1.165, 1.54) is 7.11 Å². The number of phosphoric ester groups is 1. The Hall–Kier alpha value is -0.970. The molecule has 2 saturated heterocycles. The topological polar surface area (TPSA) is 126 Å². The van der Waals surface area contributed by atoms with Gasteiger partial charge in [0.25, 0.3) is 0 Å². The highest BCUT2D eigenvalue weighted by atomic mass is 31.2. The zero-order valence-corrected chi connectivity index (χ0v) is 20.7. The molecule has 1 N–H and O–H groups in total. The van der Waals surface area contributed by atoms with Crippen molar-refractivity contribution in [3.8, 4) is 0 Å². The van der Waals surface area contributed by atoms with Crippen LogP contribution in [0.2, 0.25) is 0 Å². The second kappa shape index (κ2) is 7.29. The highest BCUT2D eigenvalue weighted by Crippen LogP contribution is 2.79. The molecule has 10 nitrogen and oxygen atoms in total. The Balaban J connectivity index is 1.36. The molecule has 0 bridgehead atoms. The number of epoxide rings is 2. The zero-order chi connectivity index (χ0) is 24.3. The second-order valence-electron chi connectivity index (χ2n) is 10.9. The number of fused-ring (bicyclic) bond motifs is 2. The number of esters is 1. The van der Waals surface area contributed by atoms with E-state index >= 15 is 0 Å². The standard InChI is InChI=1S/C23H32O10P/c1-11(2)16-17(24)19-23(33-19)21(3)7-6-12-13(9-29-20(12)25)14(21)8-15-22(23,32-15)18(16)30-10-31-34(26,27-4)28-5/h11,14-19,24H,4,6-10H2,1-3,5H3/q+1. The Morgan fingerprint density at radius 1 is 1.32 bits per heavy atom. The van der Waals surface area contributed by atoms with E-state index in [0.717, 1.165) is 24.0 Å². The predicted molar refractivity (Wildman–Crippen MR) is 115 cm³/mol. The van der Waals surface area contributed by atoms with Gasteiger partial charge in [-0.3, -0.25) is 9.05 Å². The van der Waals surface area contributed by atoms with E-state index in [-0.39, 0.29) is 48.1 Å². The molecule has 34 heavy (non-hydrogen) atoms. The summed E-state index contributed by atoms with van der Waals surface area (Å²) in [7, 11) is 0.515. The smallest absolute Gasteiger partial charge is 0.458 e. The minimum Gasteiger partial charge on any atom is -0.458 e. The van der Waals surface area contributed by atoms with Crippen LogP contribution in [0.1, 0.15) is 40.0 Å². The normalized spacial score (nSPS) is 49.9. The van der Waals surface area contributed by atoms with Crippen LogP contribution in [0.15, 0.2) is 11.1 Å². The Morgan fingerprint density at radius 2 is 2.09 bits per heavy atom. The molecule has 0 amide bonds. The summed E-state index contributed by atoms with van der Waals surface area (Å²) in [5.74, 6) is -0.367. The summed E-state index contributed by atoms with van der Waals surface area (Å²) in [6, 6.07) is 0. The third kappa shape index (κ3) is 2.64. The summed E-state index contributed by atoms with van der Waals surface area (Å²) in [5.41, 5.74) is -0.0151. The summed E-state index contributed by atoms with van der Waals surface area (Å²) in [4.78, 5) is 12.3. The van der Waals surface area contributed by atoms with Gasteiger partial charge >= 0.3 is 13.8 Å². The fourth-order valence-electron chi connectivity index (χ4n) is 7.89. The van der Waals surface area contributed by atoms with Crippen LogP contribution in [-0.2, 0) is 41.9 Å². The number of cyclic esters (lactones) is 1. The van der Waals surface area contributed by atoms with Crippen molar-refractivity contribution in [2.45, 2.75) is 75.7 Å². The Labute approximate surface area is 198 Å².